The number of hydrogen-bond acceptors (Lipinski definition) is 4. The van der Waals surface area contributed by atoms with Crippen LogP contribution in [-0.4, -0.2) is 24.3 Å². The van der Waals surface area contributed by atoms with Gasteiger partial charge < -0.3 is 4.57 Å². The highest BCUT2D eigenvalue weighted by molar-refractivity contribution is 6.28. The maximum atomic E-state index is 14.8. The fraction of sp³-hybridized carbons (Fsp3) is 0.0833. The van der Waals surface area contributed by atoms with Crippen molar-refractivity contribution in [3.63, 3.8) is 0 Å². The van der Waals surface area contributed by atoms with Gasteiger partial charge in [-0.05, 0) is 48.0 Å². The summed E-state index contributed by atoms with van der Waals surface area (Å²) in [4.78, 5) is 20.6. The SMILES string of the molecule is O=c1cc(-n2nc(-c3ccc(C(F)(F)F)cc3)c3c(F)cccc32)ccn1Cc1ccnc(Cl)n1. The van der Waals surface area contributed by atoms with Crippen molar-refractivity contribution in [2.45, 2.75) is 12.7 Å². The Kier molecular flexibility index (Phi) is 5.60. The summed E-state index contributed by atoms with van der Waals surface area (Å²) in [6, 6.07) is 13.3. The van der Waals surface area contributed by atoms with Crippen molar-refractivity contribution in [2.24, 2.45) is 0 Å². The largest absolute Gasteiger partial charge is 0.416 e. The minimum Gasteiger partial charge on any atom is -0.309 e. The summed E-state index contributed by atoms with van der Waals surface area (Å²) < 4.78 is 56.5. The van der Waals surface area contributed by atoms with E-state index in [1.807, 2.05) is 0 Å². The van der Waals surface area contributed by atoms with Crippen molar-refractivity contribution < 1.29 is 17.6 Å². The second-order valence-electron chi connectivity index (χ2n) is 7.64. The molecule has 0 aliphatic carbocycles. The van der Waals surface area contributed by atoms with Gasteiger partial charge in [0.1, 0.15) is 11.5 Å². The molecule has 0 radical (unpaired) electrons. The number of hydrogen-bond donors (Lipinski definition) is 0. The van der Waals surface area contributed by atoms with Crippen LogP contribution in [0.4, 0.5) is 17.6 Å². The van der Waals surface area contributed by atoms with E-state index in [0.717, 1.165) is 12.1 Å². The molecule has 5 rings (SSSR count). The second-order valence-corrected chi connectivity index (χ2v) is 7.98. The molecule has 0 fully saturated rings. The molecule has 0 spiro atoms. The highest BCUT2D eigenvalue weighted by atomic mass is 35.5. The van der Waals surface area contributed by atoms with E-state index in [9.17, 15) is 22.4 Å². The number of halogens is 5. The molecule has 35 heavy (non-hydrogen) atoms. The molecule has 3 heterocycles. The van der Waals surface area contributed by atoms with Crippen LogP contribution < -0.4 is 5.56 Å². The van der Waals surface area contributed by atoms with Crippen LogP contribution in [0.2, 0.25) is 5.28 Å². The quantitative estimate of drug-likeness (QED) is 0.242. The van der Waals surface area contributed by atoms with Crippen molar-refractivity contribution in [1.29, 1.82) is 0 Å². The standard InChI is InChI=1S/C24H14ClF4N5O/c25-23-30-10-8-16(31-23)13-33-11-9-17(12-20(33)35)34-19-3-1-2-18(26)21(19)22(32-34)14-4-6-15(7-5-14)24(27,28)29/h1-12H,13H2. The summed E-state index contributed by atoms with van der Waals surface area (Å²) in [6.45, 7) is 0.159. The van der Waals surface area contributed by atoms with Crippen LogP contribution in [0.1, 0.15) is 11.3 Å². The zero-order valence-corrected chi connectivity index (χ0v) is 18.4. The fourth-order valence-electron chi connectivity index (χ4n) is 3.74. The third kappa shape index (κ3) is 4.40. The van der Waals surface area contributed by atoms with E-state index in [-0.39, 0.29) is 28.5 Å². The van der Waals surface area contributed by atoms with E-state index in [1.165, 1.54) is 52.0 Å². The number of aromatic nitrogens is 5. The van der Waals surface area contributed by atoms with E-state index in [4.69, 9.17) is 11.6 Å². The molecule has 176 valence electrons. The van der Waals surface area contributed by atoms with Gasteiger partial charge in [-0.2, -0.15) is 18.3 Å². The van der Waals surface area contributed by atoms with Crippen LogP contribution in [0.15, 0.2) is 77.9 Å². The molecule has 11 heteroatoms. The van der Waals surface area contributed by atoms with Crippen LogP contribution in [0.25, 0.3) is 27.8 Å². The van der Waals surface area contributed by atoms with Gasteiger partial charge in [-0.15, -0.1) is 0 Å². The molecule has 5 aromatic rings. The normalized spacial score (nSPS) is 11.8. The van der Waals surface area contributed by atoms with Gasteiger partial charge in [0.2, 0.25) is 5.28 Å². The van der Waals surface area contributed by atoms with Gasteiger partial charge in [-0.3, -0.25) is 4.79 Å². The molecule has 0 atom stereocenters. The molecule has 6 nitrogen and oxygen atoms in total. The molecule has 3 aromatic heterocycles. The first kappa shape index (κ1) is 22.7. The van der Waals surface area contributed by atoms with E-state index in [2.05, 4.69) is 15.1 Å². The Morgan fingerprint density at radius 1 is 1.00 bits per heavy atom. The Morgan fingerprint density at radius 3 is 2.46 bits per heavy atom. The number of fused-ring (bicyclic) bond motifs is 1. The Balaban J connectivity index is 1.58. The fourth-order valence-corrected chi connectivity index (χ4v) is 3.90. The lowest BCUT2D eigenvalue weighted by molar-refractivity contribution is -0.137. The van der Waals surface area contributed by atoms with Crippen molar-refractivity contribution in [3.05, 3.63) is 106 Å². The van der Waals surface area contributed by atoms with Crippen molar-refractivity contribution in [3.8, 4) is 16.9 Å². The lowest BCUT2D eigenvalue weighted by atomic mass is 10.1. The number of pyridine rings is 1. The highest BCUT2D eigenvalue weighted by Crippen LogP contribution is 2.34. The summed E-state index contributed by atoms with van der Waals surface area (Å²) >= 11 is 5.80. The smallest absolute Gasteiger partial charge is 0.309 e. The first-order chi connectivity index (χ1) is 16.7. The maximum absolute atomic E-state index is 14.8. The van der Waals surface area contributed by atoms with Crippen LogP contribution in [-0.2, 0) is 12.7 Å². The molecule has 0 unspecified atom stereocenters. The van der Waals surface area contributed by atoms with Crippen LogP contribution >= 0.6 is 11.6 Å². The average molecular weight is 500 g/mol. The molecular weight excluding hydrogens is 486 g/mol. The first-order valence-corrected chi connectivity index (χ1v) is 10.6. The second kappa shape index (κ2) is 8.62. The summed E-state index contributed by atoms with van der Waals surface area (Å²) in [5, 5.41) is 4.65. The lowest BCUT2D eigenvalue weighted by Crippen LogP contribution is -2.20. The molecule has 0 aliphatic heterocycles. The van der Waals surface area contributed by atoms with E-state index in [1.54, 1.807) is 18.2 Å². The highest BCUT2D eigenvalue weighted by Gasteiger charge is 2.30. The summed E-state index contributed by atoms with van der Waals surface area (Å²) in [5.41, 5.74) is 0.538. The van der Waals surface area contributed by atoms with Gasteiger partial charge in [0, 0.05) is 24.0 Å². The van der Waals surface area contributed by atoms with Gasteiger partial charge in [0.25, 0.3) is 5.56 Å². The average Bonchev–Trinajstić information content (AvgIpc) is 3.21. The summed E-state index contributed by atoms with van der Waals surface area (Å²) in [5.74, 6) is -0.586. The van der Waals surface area contributed by atoms with E-state index < -0.39 is 17.6 Å². The Labute approximate surface area is 200 Å². The number of nitrogens with zero attached hydrogens (tertiary/aromatic N) is 5. The van der Waals surface area contributed by atoms with Gasteiger partial charge in [0.05, 0.1) is 34.4 Å². The van der Waals surface area contributed by atoms with E-state index >= 15 is 0 Å². The maximum Gasteiger partial charge on any atom is 0.416 e. The van der Waals surface area contributed by atoms with Crippen LogP contribution in [0.5, 0.6) is 0 Å². The van der Waals surface area contributed by atoms with E-state index in [0.29, 0.717) is 22.5 Å². The zero-order valence-electron chi connectivity index (χ0n) is 17.7. The molecule has 0 saturated heterocycles. The third-order valence-electron chi connectivity index (χ3n) is 5.38. The molecular formula is C24H14ClF4N5O. The number of rotatable bonds is 4. The van der Waals surface area contributed by atoms with Crippen LogP contribution in [0, 0.1) is 5.82 Å². The Morgan fingerprint density at radius 2 is 1.77 bits per heavy atom. The Bertz CT molecular complexity index is 1610. The molecule has 0 amide bonds. The van der Waals surface area contributed by atoms with Crippen molar-refractivity contribution >= 4 is 22.5 Å². The van der Waals surface area contributed by atoms with Crippen molar-refractivity contribution in [2.75, 3.05) is 0 Å². The molecule has 0 N–H and O–H groups in total. The molecule has 0 saturated carbocycles. The topological polar surface area (TPSA) is 65.6 Å². The lowest BCUT2D eigenvalue weighted by Gasteiger charge is -2.08. The number of benzene rings is 2. The van der Waals surface area contributed by atoms with Gasteiger partial charge >= 0.3 is 6.18 Å². The predicted molar refractivity (Wildman–Crippen MR) is 122 cm³/mol. The Hall–Kier alpha value is -4.05. The van der Waals surface area contributed by atoms with Gasteiger partial charge in [0.15, 0.2) is 0 Å². The minimum atomic E-state index is -4.49. The number of alkyl halides is 3. The van der Waals surface area contributed by atoms with Crippen LogP contribution in [0.3, 0.4) is 0 Å². The molecule has 0 aliphatic rings. The van der Waals surface area contributed by atoms with Gasteiger partial charge in [-0.1, -0.05) is 18.2 Å². The third-order valence-corrected chi connectivity index (χ3v) is 5.56. The summed E-state index contributed by atoms with van der Waals surface area (Å²) in [7, 11) is 0. The van der Waals surface area contributed by atoms with Crippen molar-refractivity contribution in [1.82, 2.24) is 24.3 Å². The van der Waals surface area contributed by atoms with Gasteiger partial charge in [-0.25, -0.2) is 19.0 Å². The monoisotopic (exact) mass is 499 g/mol. The summed E-state index contributed by atoms with van der Waals surface area (Å²) in [6.07, 6.45) is -1.47. The first-order valence-electron chi connectivity index (χ1n) is 10.2. The zero-order chi connectivity index (χ0) is 24.7. The molecule has 0 bridgehead atoms. The minimum absolute atomic E-state index is 0.0630. The predicted octanol–water partition coefficient (Wildman–Crippen LogP) is 5.50. The molecule has 2 aromatic carbocycles.